The lowest BCUT2D eigenvalue weighted by Crippen LogP contribution is -2.25. The fourth-order valence-electron chi connectivity index (χ4n) is 2.41. The number of halogens is 1. The van der Waals surface area contributed by atoms with Gasteiger partial charge in [0.25, 0.3) is 0 Å². The van der Waals surface area contributed by atoms with Crippen molar-refractivity contribution < 1.29 is 19.1 Å². The van der Waals surface area contributed by atoms with Gasteiger partial charge in [0, 0.05) is 23.9 Å². The number of carbonyl (C=O) groups is 2. The van der Waals surface area contributed by atoms with Gasteiger partial charge in [0.1, 0.15) is 5.75 Å². The van der Waals surface area contributed by atoms with E-state index in [2.05, 4.69) is 21.0 Å². The average Bonchev–Trinajstić information content (AvgIpc) is 3.01. The Morgan fingerprint density at radius 2 is 1.80 bits per heavy atom. The van der Waals surface area contributed by atoms with Crippen molar-refractivity contribution in [2.24, 2.45) is 5.10 Å². The summed E-state index contributed by atoms with van der Waals surface area (Å²) in [6.45, 7) is 2.74. The Labute approximate surface area is 153 Å². The normalized spacial score (nSPS) is 16.2. The second-order valence-corrected chi connectivity index (χ2v) is 6.30. The maximum Gasteiger partial charge on any atom is 0.308 e. The van der Waals surface area contributed by atoms with Crippen molar-refractivity contribution in [1.82, 2.24) is 5.01 Å². The molecule has 0 radical (unpaired) electrons. The first-order valence-corrected chi connectivity index (χ1v) is 8.33. The standard InChI is InChI=1S/C18H15BrN2O4/c1-11(22)21-18(13-7-9-14(19)10-8-13)25-17(20-21)15-5-3-4-6-16(15)24-12(2)23/h3-10,18H,1-2H3. The van der Waals surface area contributed by atoms with Crippen molar-refractivity contribution in [1.29, 1.82) is 0 Å². The molecule has 0 bridgehead atoms. The Hall–Kier alpha value is -2.67. The van der Waals surface area contributed by atoms with Gasteiger partial charge in [-0.2, -0.15) is 5.01 Å². The molecule has 0 saturated carbocycles. The number of ether oxygens (including phenoxy) is 2. The van der Waals surface area contributed by atoms with E-state index in [4.69, 9.17) is 9.47 Å². The number of hydrazone groups is 1. The van der Waals surface area contributed by atoms with E-state index in [9.17, 15) is 9.59 Å². The third-order valence-electron chi connectivity index (χ3n) is 3.49. The van der Waals surface area contributed by atoms with Crippen LogP contribution >= 0.6 is 15.9 Å². The zero-order valence-corrected chi connectivity index (χ0v) is 15.2. The third kappa shape index (κ3) is 3.71. The summed E-state index contributed by atoms with van der Waals surface area (Å²) in [5.74, 6) is -0.152. The molecule has 2 aromatic rings. The minimum Gasteiger partial charge on any atom is -0.446 e. The smallest absolute Gasteiger partial charge is 0.308 e. The van der Waals surface area contributed by atoms with Crippen molar-refractivity contribution in [2.45, 2.75) is 20.1 Å². The Morgan fingerprint density at radius 1 is 1.12 bits per heavy atom. The lowest BCUT2D eigenvalue weighted by molar-refractivity contribution is -0.135. The Balaban J connectivity index is 1.96. The van der Waals surface area contributed by atoms with Crippen LogP contribution in [0.3, 0.4) is 0 Å². The van der Waals surface area contributed by atoms with E-state index in [1.807, 2.05) is 24.3 Å². The van der Waals surface area contributed by atoms with Gasteiger partial charge in [-0.15, -0.1) is 5.10 Å². The highest BCUT2D eigenvalue weighted by Crippen LogP contribution is 2.33. The molecule has 1 unspecified atom stereocenters. The van der Waals surface area contributed by atoms with E-state index in [0.717, 1.165) is 10.0 Å². The van der Waals surface area contributed by atoms with Crippen LogP contribution in [0, 0.1) is 0 Å². The predicted octanol–water partition coefficient (Wildman–Crippen LogP) is 3.61. The number of rotatable bonds is 3. The molecule has 6 nitrogen and oxygen atoms in total. The first kappa shape index (κ1) is 17.2. The van der Waals surface area contributed by atoms with Crippen LogP contribution in [0.15, 0.2) is 58.1 Å². The zero-order chi connectivity index (χ0) is 18.0. The molecule has 25 heavy (non-hydrogen) atoms. The summed E-state index contributed by atoms with van der Waals surface area (Å²) in [4.78, 5) is 23.3. The third-order valence-corrected chi connectivity index (χ3v) is 4.02. The summed E-state index contributed by atoms with van der Waals surface area (Å²) < 4.78 is 12.0. The molecule has 1 atom stereocenters. The minimum atomic E-state index is -0.675. The number of hydrogen-bond donors (Lipinski definition) is 0. The highest BCUT2D eigenvalue weighted by molar-refractivity contribution is 9.10. The van der Waals surface area contributed by atoms with Crippen molar-refractivity contribution in [3.8, 4) is 5.75 Å². The largest absolute Gasteiger partial charge is 0.446 e. The number of amides is 1. The number of hydrogen-bond acceptors (Lipinski definition) is 5. The lowest BCUT2D eigenvalue weighted by atomic mass is 10.2. The molecule has 1 heterocycles. The zero-order valence-electron chi connectivity index (χ0n) is 13.6. The highest BCUT2D eigenvalue weighted by atomic mass is 79.9. The van der Waals surface area contributed by atoms with E-state index in [1.165, 1.54) is 18.9 Å². The number of carbonyl (C=O) groups excluding carboxylic acids is 2. The quantitative estimate of drug-likeness (QED) is 0.580. The van der Waals surface area contributed by atoms with Crippen LogP contribution < -0.4 is 4.74 Å². The minimum absolute atomic E-state index is 0.222. The van der Waals surface area contributed by atoms with Gasteiger partial charge in [-0.1, -0.05) is 40.2 Å². The molecule has 1 aliphatic heterocycles. The van der Waals surface area contributed by atoms with E-state index in [0.29, 0.717) is 11.3 Å². The SMILES string of the molecule is CC(=O)Oc1ccccc1C1=NN(C(C)=O)C(c2ccc(Br)cc2)O1. The van der Waals surface area contributed by atoms with Crippen molar-refractivity contribution in [2.75, 3.05) is 0 Å². The number of para-hydroxylation sites is 1. The van der Waals surface area contributed by atoms with Gasteiger partial charge in [-0.25, -0.2) is 0 Å². The van der Waals surface area contributed by atoms with Gasteiger partial charge in [-0.05, 0) is 24.3 Å². The van der Waals surface area contributed by atoms with Crippen LogP contribution in [0.4, 0.5) is 0 Å². The van der Waals surface area contributed by atoms with Crippen molar-refractivity contribution in [3.05, 3.63) is 64.1 Å². The molecule has 128 valence electrons. The van der Waals surface area contributed by atoms with Gasteiger partial charge in [-0.3, -0.25) is 9.59 Å². The maximum atomic E-state index is 12.0. The molecule has 1 aliphatic rings. The number of nitrogens with zero attached hydrogens (tertiary/aromatic N) is 2. The maximum absolute atomic E-state index is 12.0. The Kier molecular flexibility index (Phi) is 4.85. The second-order valence-electron chi connectivity index (χ2n) is 5.38. The molecular formula is C18H15BrN2O4. The Morgan fingerprint density at radius 3 is 2.44 bits per heavy atom. The summed E-state index contributed by atoms with van der Waals surface area (Å²) >= 11 is 3.38. The molecule has 1 amide bonds. The summed E-state index contributed by atoms with van der Waals surface area (Å²) in [6, 6.07) is 14.3. The van der Waals surface area contributed by atoms with Crippen LogP contribution in [-0.4, -0.2) is 22.8 Å². The number of benzene rings is 2. The number of esters is 1. The van der Waals surface area contributed by atoms with Gasteiger partial charge >= 0.3 is 5.97 Å². The van der Waals surface area contributed by atoms with Crippen LogP contribution in [-0.2, 0) is 14.3 Å². The molecule has 0 fully saturated rings. The highest BCUT2D eigenvalue weighted by Gasteiger charge is 2.34. The summed E-state index contributed by atoms with van der Waals surface area (Å²) in [5, 5.41) is 5.55. The molecule has 3 rings (SSSR count). The van der Waals surface area contributed by atoms with E-state index >= 15 is 0 Å². The molecule has 0 saturated heterocycles. The molecular weight excluding hydrogens is 388 g/mol. The lowest BCUT2D eigenvalue weighted by Gasteiger charge is -2.19. The van der Waals surface area contributed by atoms with Gasteiger partial charge in [0.2, 0.25) is 18.0 Å². The molecule has 0 aliphatic carbocycles. The van der Waals surface area contributed by atoms with Crippen molar-refractivity contribution in [3.63, 3.8) is 0 Å². The van der Waals surface area contributed by atoms with Crippen LogP contribution in [0.2, 0.25) is 0 Å². The predicted molar refractivity (Wildman–Crippen MR) is 94.8 cm³/mol. The van der Waals surface area contributed by atoms with Gasteiger partial charge < -0.3 is 9.47 Å². The monoisotopic (exact) mass is 402 g/mol. The van der Waals surface area contributed by atoms with E-state index in [1.54, 1.807) is 24.3 Å². The fourth-order valence-corrected chi connectivity index (χ4v) is 2.67. The molecule has 0 spiro atoms. The summed E-state index contributed by atoms with van der Waals surface area (Å²) in [6.07, 6.45) is -0.675. The molecule has 2 aromatic carbocycles. The van der Waals surface area contributed by atoms with Gasteiger partial charge in [0.05, 0.1) is 5.56 Å². The van der Waals surface area contributed by atoms with Crippen LogP contribution in [0.1, 0.15) is 31.2 Å². The first-order valence-electron chi connectivity index (χ1n) is 7.54. The van der Waals surface area contributed by atoms with Crippen molar-refractivity contribution >= 4 is 33.7 Å². The molecule has 7 heteroatoms. The average molecular weight is 403 g/mol. The van der Waals surface area contributed by atoms with Gasteiger partial charge in [0.15, 0.2) is 0 Å². The fraction of sp³-hybridized carbons (Fsp3) is 0.167. The molecule has 0 N–H and O–H groups in total. The molecule has 0 aromatic heterocycles. The first-order chi connectivity index (χ1) is 12.0. The van der Waals surface area contributed by atoms with E-state index in [-0.39, 0.29) is 11.8 Å². The van der Waals surface area contributed by atoms with Crippen LogP contribution in [0.5, 0.6) is 5.75 Å². The summed E-state index contributed by atoms with van der Waals surface area (Å²) in [7, 11) is 0. The van der Waals surface area contributed by atoms with Crippen LogP contribution in [0.25, 0.3) is 0 Å². The topological polar surface area (TPSA) is 68.2 Å². The Bertz CT molecular complexity index is 848. The summed E-state index contributed by atoms with van der Waals surface area (Å²) in [5.41, 5.74) is 1.28. The second kappa shape index (κ2) is 7.06. The van der Waals surface area contributed by atoms with E-state index < -0.39 is 12.2 Å².